The number of rotatable bonds is 7. The number of nitrogens with one attached hydrogen (secondary N) is 2. The lowest BCUT2D eigenvalue weighted by atomic mass is 9.84. The molecule has 2 amide bonds. The van der Waals surface area contributed by atoms with Gasteiger partial charge in [-0.05, 0) is 82.3 Å². The maximum absolute atomic E-state index is 13.0. The minimum Gasteiger partial charge on any atom is -0.356 e. The smallest absolute Gasteiger partial charge is 0.270 e. The molecule has 2 N–H and O–H groups in total. The van der Waals surface area contributed by atoms with E-state index >= 15 is 0 Å². The highest BCUT2D eigenvalue weighted by Gasteiger charge is 2.30. The van der Waals surface area contributed by atoms with Gasteiger partial charge in [0.05, 0.1) is 0 Å². The molecule has 0 bridgehead atoms. The van der Waals surface area contributed by atoms with E-state index in [0.717, 1.165) is 36.7 Å². The van der Waals surface area contributed by atoms with Crippen LogP contribution in [0.5, 0.6) is 0 Å². The number of hydrogen-bond donors (Lipinski definition) is 2. The minimum absolute atomic E-state index is 0.0189. The predicted molar refractivity (Wildman–Crippen MR) is 138 cm³/mol. The summed E-state index contributed by atoms with van der Waals surface area (Å²) in [5, 5.41) is 4.79. The molecular weight excluding hydrogens is 448 g/mol. The van der Waals surface area contributed by atoms with Crippen LogP contribution >= 0.6 is 11.6 Å². The van der Waals surface area contributed by atoms with E-state index in [4.69, 9.17) is 11.6 Å². The zero-order chi connectivity index (χ0) is 24.1. The highest BCUT2D eigenvalue weighted by molar-refractivity contribution is 6.31. The fourth-order valence-corrected chi connectivity index (χ4v) is 5.67. The number of aromatic nitrogens is 1. The van der Waals surface area contributed by atoms with Crippen molar-refractivity contribution in [2.75, 3.05) is 32.7 Å². The minimum atomic E-state index is -0.0269. The molecule has 1 aromatic heterocycles. The van der Waals surface area contributed by atoms with Crippen LogP contribution in [0, 0.1) is 11.8 Å². The number of benzene rings is 1. The predicted octanol–water partition coefficient (Wildman–Crippen LogP) is 5.08. The Morgan fingerprint density at radius 1 is 1.06 bits per heavy atom. The molecule has 0 aliphatic carbocycles. The second-order valence-corrected chi connectivity index (χ2v) is 10.6. The van der Waals surface area contributed by atoms with Crippen LogP contribution in [0.2, 0.25) is 5.02 Å². The van der Waals surface area contributed by atoms with Crippen molar-refractivity contribution >= 4 is 34.3 Å². The first-order valence-corrected chi connectivity index (χ1v) is 13.4. The van der Waals surface area contributed by atoms with Crippen molar-refractivity contribution in [3.8, 4) is 0 Å². The van der Waals surface area contributed by atoms with Crippen LogP contribution < -0.4 is 5.32 Å². The summed E-state index contributed by atoms with van der Waals surface area (Å²) in [6.07, 6.45) is 8.00. The Balaban J connectivity index is 1.21. The standard InChI is InChI=1S/C27H39ClN4O2/c1-19(31-13-5-3-4-6-14-31)9-12-29-26(33)20(2)21-10-15-32(16-11-21)27(34)25-18-22-17-23(28)7-8-24(22)30-25/h7-8,17-21,30H,3-6,9-16H2,1-2H3,(H,29,33)/t19-,20+/m0/s1. The number of carbonyl (C=O) groups is 2. The molecule has 2 aromatic rings. The summed E-state index contributed by atoms with van der Waals surface area (Å²) in [6.45, 7) is 8.81. The molecule has 2 atom stereocenters. The molecule has 2 fully saturated rings. The monoisotopic (exact) mass is 486 g/mol. The fraction of sp³-hybridized carbons (Fsp3) is 0.630. The maximum atomic E-state index is 13.0. The van der Waals surface area contributed by atoms with Gasteiger partial charge in [0.15, 0.2) is 0 Å². The molecule has 34 heavy (non-hydrogen) atoms. The first-order chi connectivity index (χ1) is 16.4. The lowest BCUT2D eigenvalue weighted by molar-refractivity contribution is -0.126. The van der Waals surface area contributed by atoms with E-state index in [0.29, 0.717) is 35.8 Å². The maximum Gasteiger partial charge on any atom is 0.270 e. The van der Waals surface area contributed by atoms with Crippen molar-refractivity contribution in [2.45, 2.75) is 64.8 Å². The molecule has 2 aliphatic heterocycles. The average Bonchev–Trinajstić information content (AvgIpc) is 3.07. The molecular formula is C27H39ClN4O2. The van der Waals surface area contributed by atoms with Gasteiger partial charge in [0, 0.05) is 47.5 Å². The molecule has 0 unspecified atom stereocenters. The van der Waals surface area contributed by atoms with Crippen LogP contribution in [0.4, 0.5) is 0 Å². The van der Waals surface area contributed by atoms with Gasteiger partial charge in [0.1, 0.15) is 5.69 Å². The number of H-pyrrole nitrogens is 1. The van der Waals surface area contributed by atoms with Crippen LogP contribution in [0.15, 0.2) is 24.3 Å². The summed E-state index contributed by atoms with van der Waals surface area (Å²) in [4.78, 5) is 33.5. The van der Waals surface area contributed by atoms with Crippen LogP contribution in [0.25, 0.3) is 10.9 Å². The van der Waals surface area contributed by atoms with E-state index in [1.54, 1.807) is 0 Å². The van der Waals surface area contributed by atoms with E-state index < -0.39 is 0 Å². The van der Waals surface area contributed by atoms with Crippen LogP contribution in [-0.2, 0) is 4.79 Å². The Hall–Kier alpha value is -2.05. The Bertz CT molecular complexity index is 974. The topological polar surface area (TPSA) is 68.4 Å². The highest BCUT2D eigenvalue weighted by Crippen LogP contribution is 2.27. The largest absolute Gasteiger partial charge is 0.356 e. The summed E-state index contributed by atoms with van der Waals surface area (Å²) in [6, 6.07) is 7.98. The first-order valence-electron chi connectivity index (χ1n) is 13.0. The number of hydrogen-bond acceptors (Lipinski definition) is 3. The summed E-state index contributed by atoms with van der Waals surface area (Å²) < 4.78 is 0. The SMILES string of the molecule is C[C@@H](C(=O)NCC[C@H](C)N1CCCCCC1)C1CCN(C(=O)c2cc3cc(Cl)ccc3[nH]2)CC1. The summed E-state index contributed by atoms with van der Waals surface area (Å²) in [7, 11) is 0. The van der Waals surface area contributed by atoms with Gasteiger partial charge in [-0.15, -0.1) is 0 Å². The Morgan fingerprint density at radius 3 is 2.47 bits per heavy atom. The van der Waals surface area contributed by atoms with Gasteiger partial charge in [-0.1, -0.05) is 31.4 Å². The number of halogens is 1. The third-order valence-corrected chi connectivity index (χ3v) is 8.12. The van der Waals surface area contributed by atoms with Crippen LogP contribution in [0.3, 0.4) is 0 Å². The number of nitrogens with zero attached hydrogens (tertiary/aromatic N) is 2. The number of carbonyl (C=O) groups excluding carboxylic acids is 2. The second kappa shape index (κ2) is 11.6. The van der Waals surface area contributed by atoms with E-state index in [9.17, 15) is 9.59 Å². The summed E-state index contributed by atoms with van der Waals surface area (Å²) in [5.41, 5.74) is 1.51. The summed E-state index contributed by atoms with van der Waals surface area (Å²) >= 11 is 6.07. The first kappa shape index (κ1) is 25.1. The van der Waals surface area contributed by atoms with Crippen molar-refractivity contribution < 1.29 is 9.59 Å². The molecule has 4 rings (SSSR count). The number of amides is 2. The zero-order valence-corrected chi connectivity index (χ0v) is 21.4. The zero-order valence-electron chi connectivity index (χ0n) is 20.6. The normalized spacial score (nSPS) is 20.1. The van der Waals surface area contributed by atoms with Gasteiger partial charge in [0.25, 0.3) is 5.91 Å². The second-order valence-electron chi connectivity index (χ2n) is 10.2. The van der Waals surface area contributed by atoms with Crippen LogP contribution in [-0.4, -0.2) is 65.4 Å². The number of piperidine rings is 1. The quantitative estimate of drug-likeness (QED) is 0.573. The van der Waals surface area contributed by atoms with E-state index in [1.165, 1.54) is 38.8 Å². The van der Waals surface area contributed by atoms with Gasteiger partial charge in [-0.2, -0.15) is 0 Å². The Labute approximate surface area is 208 Å². The van der Waals surface area contributed by atoms with E-state index in [-0.39, 0.29) is 17.7 Å². The van der Waals surface area contributed by atoms with Gasteiger partial charge in [0.2, 0.25) is 5.91 Å². The molecule has 3 heterocycles. The molecule has 186 valence electrons. The Kier molecular flexibility index (Phi) is 8.54. The van der Waals surface area contributed by atoms with Gasteiger partial charge in [-0.25, -0.2) is 0 Å². The third-order valence-electron chi connectivity index (χ3n) is 7.89. The van der Waals surface area contributed by atoms with E-state index in [2.05, 4.69) is 22.1 Å². The Morgan fingerprint density at radius 2 is 1.76 bits per heavy atom. The highest BCUT2D eigenvalue weighted by atomic mass is 35.5. The van der Waals surface area contributed by atoms with Crippen molar-refractivity contribution in [1.82, 2.24) is 20.1 Å². The molecule has 0 radical (unpaired) electrons. The molecule has 0 saturated carbocycles. The molecule has 2 saturated heterocycles. The lowest BCUT2D eigenvalue weighted by Crippen LogP contribution is -2.43. The molecule has 1 aromatic carbocycles. The van der Waals surface area contributed by atoms with Crippen molar-refractivity contribution in [1.29, 1.82) is 0 Å². The van der Waals surface area contributed by atoms with Crippen molar-refractivity contribution in [2.24, 2.45) is 11.8 Å². The van der Waals surface area contributed by atoms with Gasteiger partial charge < -0.3 is 20.1 Å². The number of likely N-dealkylation sites (tertiary alicyclic amines) is 2. The van der Waals surface area contributed by atoms with E-state index in [1.807, 2.05) is 36.1 Å². The van der Waals surface area contributed by atoms with Gasteiger partial charge >= 0.3 is 0 Å². The summed E-state index contributed by atoms with van der Waals surface area (Å²) in [5.74, 6) is 0.459. The van der Waals surface area contributed by atoms with Gasteiger partial charge in [-0.3, -0.25) is 9.59 Å². The average molecular weight is 487 g/mol. The molecule has 7 heteroatoms. The van der Waals surface area contributed by atoms with Crippen molar-refractivity contribution in [3.05, 3.63) is 35.0 Å². The molecule has 0 spiro atoms. The van der Waals surface area contributed by atoms with Crippen molar-refractivity contribution in [3.63, 3.8) is 0 Å². The number of fused-ring (bicyclic) bond motifs is 1. The number of aromatic amines is 1. The molecule has 2 aliphatic rings. The fourth-order valence-electron chi connectivity index (χ4n) is 5.49. The third kappa shape index (κ3) is 6.14. The molecule has 6 nitrogen and oxygen atoms in total. The lowest BCUT2D eigenvalue weighted by Gasteiger charge is -2.34. The van der Waals surface area contributed by atoms with Crippen LogP contribution in [0.1, 0.15) is 69.3 Å².